The smallest absolute Gasteiger partial charge is 0.139 e. The van der Waals surface area contributed by atoms with Gasteiger partial charge >= 0.3 is 0 Å². The average Bonchev–Trinajstić information content (AvgIpc) is 2.65. The predicted molar refractivity (Wildman–Crippen MR) is 54.8 cm³/mol. The van der Waals surface area contributed by atoms with E-state index in [1.165, 1.54) is 0 Å². The average molecular weight is 195 g/mol. The SMILES string of the molecule is C#CCCCC(=O)C1COCC1NC. The van der Waals surface area contributed by atoms with Crippen molar-refractivity contribution in [2.45, 2.75) is 25.3 Å². The van der Waals surface area contributed by atoms with Crippen LogP contribution < -0.4 is 5.32 Å². The summed E-state index contributed by atoms with van der Waals surface area (Å²) in [6.45, 7) is 1.20. The van der Waals surface area contributed by atoms with Gasteiger partial charge in [-0.1, -0.05) is 0 Å². The van der Waals surface area contributed by atoms with Crippen molar-refractivity contribution in [3.05, 3.63) is 0 Å². The molecule has 1 N–H and O–H groups in total. The van der Waals surface area contributed by atoms with E-state index in [2.05, 4.69) is 11.2 Å². The molecular formula is C11H17NO2. The van der Waals surface area contributed by atoms with Gasteiger partial charge in [-0.3, -0.25) is 4.79 Å². The molecule has 1 saturated heterocycles. The van der Waals surface area contributed by atoms with Crippen LogP contribution in [0.3, 0.4) is 0 Å². The van der Waals surface area contributed by atoms with Crippen molar-refractivity contribution in [1.82, 2.24) is 5.32 Å². The maximum atomic E-state index is 11.7. The lowest BCUT2D eigenvalue weighted by atomic mass is 9.95. The molecule has 1 heterocycles. The number of carbonyl (C=O) groups is 1. The van der Waals surface area contributed by atoms with Crippen molar-refractivity contribution in [3.63, 3.8) is 0 Å². The Labute approximate surface area is 85.2 Å². The number of ether oxygens (including phenoxy) is 1. The van der Waals surface area contributed by atoms with E-state index in [0.717, 1.165) is 6.42 Å². The highest BCUT2D eigenvalue weighted by Gasteiger charge is 2.31. The molecule has 2 atom stereocenters. The topological polar surface area (TPSA) is 38.3 Å². The Bertz CT molecular complexity index is 232. The molecule has 3 heteroatoms. The van der Waals surface area contributed by atoms with E-state index in [9.17, 15) is 4.79 Å². The van der Waals surface area contributed by atoms with Gasteiger partial charge in [0.15, 0.2) is 0 Å². The monoisotopic (exact) mass is 195 g/mol. The number of hydrogen-bond donors (Lipinski definition) is 1. The Kier molecular flexibility index (Phi) is 4.64. The Hall–Kier alpha value is -0.850. The second-order valence-electron chi connectivity index (χ2n) is 3.56. The van der Waals surface area contributed by atoms with E-state index in [-0.39, 0.29) is 17.7 Å². The van der Waals surface area contributed by atoms with Crippen LogP contribution in [0, 0.1) is 18.3 Å². The minimum Gasteiger partial charge on any atom is -0.379 e. The highest BCUT2D eigenvalue weighted by Crippen LogP contribution is 2.17. The van der Waals surface area contributed by atoms with E-state index in [0.29, 0.717) is 26.1 Å². The van der Waals surface area contributed by atoms with Crippen molar-refractivity contribution in [1.29, 1.82) is 0 Å². The molecule has 3 nitrogen and oxygen atoms in total. The van der Waals surface area contributed by atoms with Crippen LogP contribution in [0.2, 0.25) is 0 Å². The molecule has 78 valence electrons. The fraction of sp³-hybridized carbons (Fsp3) is 0.727. The third-order valence-corrected chi connectivity index (χ3v) is 2.61. The molecule has 0 amide bonds. The first kappa shape index (κ1) is 11.2. The number of hydrogen-bond acceptors (Lipinski definition) is 3. The van der Waals surface area contributed by atoms with E-state index < -0.39 is 0 Å². The second kappa shape index (κ2) is 5.79. The first-order chi connectivity index (χ1) is 6.79. The molecule has 0 bridgehead atoms. The number of Topliss-reactive ketones (excluding diaryl/α,β-unsaturated/α-hetero) is 1. The molecule has 14 heavy (non-hydrogen) atoms. The van der Waals surface area contributed by atoms with Gasteiger partial charge < -0.3 is 10.1 Å². The lowest BCUT2D eigenvalue weighted by Gasteiger charge is -2.14. The number of carbonyl (C=O) groups excluding carboxylic acids is 1. The standard InChI is InChI=1S/C11H17NO2/c1-3-4-5-6-11(13)9-7-14-8-10(9)12-2/h1,9-10,12H,4-8H2,2H3. The summed E-state index contributed by atoms with van der Waals surface area (Å²) in [5, 5.41) is 3.10. The van der Waals surface area contributed by atoms with Crippen LogP contribution in [-0.4, -0.2) is 32.1 Å². The fourth-order valence-electron chi connectivity index (χ4n) is 1.71. The highest BCUT2D eigenvalue weighted by atomic mass is 16.5. The first-order valence-corrected chi connectivity index (χ1v) is 5.00. The quantitative estimate of drug-likeness (QED) is 0.515. The summed E-state index contributed by atoms with van der Waals surface area (Å²) in [5.41, 5.74) is 0. The van der Waals surface area contributed by atoms with Gasteiger partial charge in [0, 0.05) is 18.9 Å². The van der Waals surface area contributed by atoms with Crippen LogP contribution in [0.15, 0.2) is 0 Å². The zero-order valence-electron chi connectivity index (χ0n) is 8.58. The Morgan fingerprint density at radius 3 is 3.07 bits per heavy atom. The maximum Gasteiger partial charge on any atom is 0.139 e. The van der Waals surface area contributed by atoms with Gasteiger partial charge in [-0.15, -0.1) is 12.3 Å². The summed E-state index contributed by atoms with van der Waals surface area (Å²) in [6.07, 6.45) is 7.18. The van der Waals surface area contributed by atoms with Crippen molar-refractivity contribution >= 4 is 5.78 Å². The molecule has 0 radical (unpaired) electrons. The van der Waals surface area contributed by atoms with E-state index in [1.54, 1.807) is 0 Å². The van der Waals surface area contributed by atoms with Crippen LogP contribution in [0.25, 0.3) is 0 Å². The summed E-state index contributed by atoms with van der Waals surface area (Å²) in [4.78, 5) is 11.7. The summed E-state index contributed by atoms with van der Waals surface area (Å²) in [5.74, 6) is 2.84. The van der Waals surface area contributed by atoms with E-state index in [4.69, 9.17) is 11.2 Å². The molecule has 1 rings (SSSR count). The highest BCUT2D eigenvalue weighted by molar-refractivity contribution is 5.82. The zero-order chi connectivity index (χ0) is 10.4. The maximum absolute atomic E-state index is 11.7. The van der Waals surface area contributed by atoms with Crippen molar-refractivity contribution < 1.29 is 9.53 Å². The van der Waals surface area contributed by atoms with E-state index in [1.807, 2.05) is 7.05 Å². The first-order valence-electron chi connectivity index (χ1n) is 5.00. The normalized spacial score (nSPS) is 26.0. The lowest BCUT2D eigenvalue weighted by Crippen LogP contribution is -2.36. The molecule has 1 aliphatic rings. The zero-order valence-corrected chi connectivity index (χ0v) is 8.58. The number of ketones is 1. The number of rotatable bonds is 5. The summed E-state index contributed by atoms with van der Waals surface area (Å²) in [7, 11) is 1.86. The molecular weight excluding hydrogens is 178 g/mol. The van der Waals surface area contributed by atoms with Crippen molar-refractivity contribution in [2.24, 2.45) is 5.92 Å². The Morgan fingerprint density at radius 2 is 2.43 bits per heavy atom. The van der Waals surface area contributed by atoms with Crippen LogP contribution >= 0.6 is 0 Å². The van der Waals surface area contributed by atoms with Gasteiger partial charge in [-0.2, -0.15) is 0 Å². The number of likely N-dealkylation sites (N-methyl/N-ethyl adjacent to an activating group) is 1. The van der Waals surface area contributed by atoms with Crippen LogP contribution in [0.1, 0.15) is 19.3 Å². The predicted octanol–water partition coefficient (Wildman–Crippen LogP) is 0.593. The molecule has 1 fully saturated rings. The number of nitrogens with one attached hydrogen (secondary N) is 1. The van der Waals surface area contributed by atoms with Crippen LogP contribution in [0.4, 0.5) is 0 Å². The lowest BCUT2D eigenvalue weighted by molar-refractivity contribution is -0.123. The minimum absolute atomic E-state index is 0.0257. The number of unbranched alkanes of at least 4 members (excludes halogenated alkanes) is 1. The van der Waals surface area contributed by atoms with E-state index >= 15 is 0 Å². The van der Waals surface area contributed by atoms with Crippen molar-refractivity contribution in [3.8, 4) is 12.3 Å². The fourth-order valence-corrected chi connectivity index (χ4v) is 1.71. The van der Waals surface area contributed by atoms with Crippen molar-refractivity contribution in [2.75, 3.05) is 20.3 Å². The summed E-state index contributed by atoms with van der Waals surface area (Å²) < 4.78 is 5.26. The molecule has 0 saturated carbocycles. The van der Waals surface area contributed by atoms with Gasteiger partial charge in [-0.25, -0.2) is 0 Å². The van der Waals surface area contributed by atoms with Gasteiger partial charge in [0.05, 0.1) is 19.1 Å². The van der Waals surface area contributed by atoms with Gasteiger partial charge in [0.1, 0.15) is 5.78 Å². The van der Waals surface area contributed by atoms with Gasteiger partial charge in [0.2, 0.25) is 0 Å². The Balaban J connectivity index is 2.32. The van der Waals surface area contributed by atoms with Crippen LogP contribution in [-0.2, 0) is 9.53 Å². The Morgan fingerprint density at radius 1 is 1.64 bits per heavy atom. The molecule has 1 aliphatic heterocycles. The molecule has 0 aromatic heterocycles. The third kappa shape index (κ3) is 2.83. The molecule has 0 spiro atoms. The third-order valence-electron chi connectivity index (χ3n) is 2.61. The van der Waals surface area contributed by atoms with Gasteiger partial charge in [0.25, 0.3) is 0 Å². The molecule has 0 aromatic rings. The number of terminal acetylenes is 1. The van der Waals surface area contributed by atoms with Gasteiger partial charge in [-0.05, 0) is 13.5 Å². The second-order valence-corrected chi connectivity index (χ2v) is 3.56. The largest absolute Gasteiger partial charge is 0.379 e. The summed E-state index contributed by atoms with van der Waals surface area (Å²) >= 11 is 0. The summed E-state index contributed by atoms with van der Waals surface area (Å²) in [6, 6.07) is 0.188. The minimum atomic E-state index is 0.0257. The van der Waals surface area contributed by atoms with Crippen LogP contribution in [0.5, 0.6) is 0 Å². The molecule has 2 unspecified atom stereocenters. The molecule has 0 aliphatic carbocycles. The molecule has 0 aromatic carbocycles.